The van der Waals surface area contributed by atoms with Gasteiger partial charge in [0.25, 0.3) is 0 Å². The molecule has 1 aromatic heterocycles. The van der Waals surface area contributed by atoms with Gasteiger partial charge in [0, 0.05) is 32.4 Å². The van der Waals surface area contributed by atoms with E-state index in [2.05, 4.69) is 16.4 Å². The first-order chi connectivity index (χ1) is 8.03. The smallest absolute Gasteiger partial charge is 0.240 e. The zero-order chi connectivity index (χ0) is 12.9. The number of hydrogen-bond acceptors (Lipinski definition) is 3. The lowest BCUT2D eigenvalue weighted by Crippen LogP contribution is -2.38. The minimum Gasteiger partial charge on any atom is -0.354 e. The molecular formula is C12H18N4O. The van der Waals surface area contributed by atoms with E-state index in [1.54, 1.807) is 13.1 Å². The minimum absolute atomic E-state index is 0.211. The van der Waals surface area contributed by atoms with E-state index in [0.29, 0.717) is 19.4 Å². The van der Waals surface area contributed by atoms with E-state index in [0.717, 1.165) is 5.82 Å². The second kappa shape index (κ2) is 5.48. The van der Waals surface area contributed by atoms with Crippen LogP contribution in [0.4, 0.5) is 0 Å². The summed E-state index contributed by atoms with van der Waals surface area (Å²) in [6, 6.07) is 2.05. The SMILES string of the molecule is CCC(C)(C#N)C(=O)NCCc1nccn1C. The molecule has 1 atom stereocenters. The van der Waals surface area contributed by atoms with Crippen molar-refractivity contribution in [3.05, 3.63) is 18.2 Å². The predicted octanol–water partition coefficient (Wildman–Crippen LogP) is 1.02. The molecule has 5 heteroatoms. The molecule has 1 heterocycles. The Labute approximate surface area is 101 Å². The summed E-state index contributed by atoms with van der Waals surface area (Å²) in [7, 11) is 1.91. The fraction of sp³-hybridized carbons (Fsp3) is 0.583. The summed E-state index contributed by atoms with van der Waals surface area (Å²) < 4.78 is 1.91. The Bertz CT molecular complexity index is 432. The van der Waals surface area contributed by atoms with Crippen molar-refractivity contribution in [2.24, 2.45) is 12.5 Å². The number of aryl methyl sites for hydroxylation is 1. The molecule has 0 fully saturated rings. The molecular weight excluding hydrogens is 216 g/mol. The average molecular weight is 234 g/mol. The van der Waals surface area contributed by atoms with Crippen LogP contribution in [-0.4, -0.2) is 22.0 Å². The summed E-state index contributed by atoms with van der Waals surface area (Å²) >= 11 is 0. The van der Waals surface area contributed by atoms with Crippen LogP contribution in [0.25, 0.3) is 0 Å². The number of aromatic nitrogens is 2. The lowest BCUT2D eigenvalue weighted by molar-refractivity contribution is -0.127. The topological polar surface area (TPSA) is 70.7 Å². The number of rotatable bonds is 5. The van der Waals surface area contributed by atoms with Gasteiger partial charge in [-0.05, 0) is 13.3 Å². The molecule has 1 unspecified atom stereocenters. The normalized spacial score (nSPS) is 13.8. The van der Waals surface area contributed by atoms with Crippen molar-refractivity contribution in [2.45, 2.75) is 26.7 Å². The molecule has 1 aromatic rings. The minimum atomic E-state index is -0.929. The number of carbonyl (C=O) groups excluding carboxylic acids is 1. The number of nitrogens with one attached hydrogen (secondary N) is 1. The number of carbonyl (C=O) groups is 1. The van der Waals surface area contributed by atoms with Crippen molar-refractivity contribution < 1.29 is 4.79 Å². The van der Waals surface area contributed by atoms with Crippen LogP contribution < -0.4 is 5.32 Å². The van der Waals surface area contributed by atoms with Gasteiger partial charge in [0.05, 0.1) is 6.07 Å². The Hall–Kier alpha value is -1.83. The Balaban J connectivity index is 2.45. The van der Waals surface area contributed by atoms with Gasteiger partial charge in [0.15, 0.2) is 0 Å². The summed E-state index contributed by atoms with van der Waals surface area (Å²) in [5.41, 5.74) is -0.929. The molecule has 0 aromatic carbocycles. The molecule has 0 aliphatic carbocycles. The van der Waals surface area contributed by atoms with Crippen molar-refractivity contribution in [2.75, 3.05) is 6.54 Å². The van der Waals surface area contributed by atoms with Crippen LogP contribution in [0, 0.1) is 16.7 Å². The van der Waals surface area contributed by atoms with Crippen LogP contribution in [0.15, 0.2) is 12.4 Å². The van der Waals surface area contributed by atoms with Crippen molar-refractivity contribution >= 4 is 5.91 Å². The van der Waals surface area contributed by atoms with Crippen molar-refractivity contribution in [3.63, 3.8) is 0 Å². The molecule has 0 aliphatic heterocycles. The van der Waals surface area contributed by atoms with Crippen LogP contribution in [0.3, 0.4) is 0 Å². The Morgan fingerprint density at radius 3 is 2.88 bits per heavy atom. The van der Waals surface area contributed by atoms with Crippen molar-refractivity contribution in [1.29, 1.82) is 5.26 Å². The van der Waals surface area contributed by atoms with Crippen LogP contribution in [0.1, 0.15) is 26.1 Å². The predicted molar refractivity (Wildman–Crippen MR) is 63.9 cm³/mol. The van der Waals surface area contributed by atoms with Crippen molar-refractivity contribution in [1.82, 2.24) is 14.9 Å². The molecule has 0 saturated carbocycles. The highest BCUT2D eigenvalue weighted by Crippen LogP contribution is 2.19. The van der Waals surface area contributed by atoms with Crippen LogP contribution in [0.5, 0.6) is 0 Å². The maximum Gasteiger partial charge on any atom is 0.240 e. The molecule has 0 radical (unpaired) electrons. The highest BCUT2D eigenvalue weighted by Gasteiger charge is 2.30. The number of hydrogen-bond donors (Lipinski definition) is 1. The summed E-state index contributed by atoms with van der Waals surface area (Å²) in [4.78, 5) is 15.9. The quantitative estimate of drug-likeness (QED) is 0.826. The molecule has 1 N–H and O–H groups in total. The van der Waals surface area contributed by atoms with Gasteiger partial charge in [0.1, 0.15) is 11.2 Å². The zero-order valence-electron chi connectivity index (χ0n) is 10.5. The Morgan fingerprint density at radius 2 is 2.41 bits per heavy atom. The van der Waals surface area contributed by atoms with E-state index in [9.17, 15) is 4.79 Å². The number of imidazole rings is 1. The van der Waals surface area contributed by atoms with Crippen LogP contribution >= 0.6 is 0 Å². The summed E-state index contributed by atoms with van der Waals surface area (Å²) in [6.45, 7) is 3.99. The Kier molecular flexibility index (Phi) is 4.27. The molecule has 1 amide bonds. The average Bonchev–Trinajstić information content (AvgIpc) is 2.74. The zero-order valence-corrected chi connectivity index (χ0v) is 10.5. The monoisotopic (exact) mass is 234 g/mol. The fourth-order valence-corrected chi connectivity index (χ4v) is 1.41. The lowest BCUT2D eigenvalue weighted by atomic mass is 9.88. The molecule has 17 heavy (non-hydrogen) atoms. The third-order valence-electron chi connectivity index (χ3n) is 3.01. The second-order valence-electron chi connectivity index (χ2n) is 4.26. The molecule has 0 bridgehead atoms. The lowest BCUT2D eigenvalue weighted by Gasteiger charge is -2.18. The van der Waals surface area contributed by atoms with Gasteiger partial charge in [-0.1, -0.05) is 6.92 Å². The summed E-state index contributed by atoms with van der Waals surface area (Å²) in [5, 5.41) is 11.7. The van der Waals surface area contributed by atoms with Gasteiger partial charge >= 0.3 is 0 Å². The third kappa shape index (κ3) is 3.06. The van der Waals surface area contributed by atoms with E-state index < -0.39 is 5.41 Å². The fourth-order valence-electron chi connectivity index (χ4n) is 1.41. The van der Waals surface area contributed by atoms with Gasteiger partial charge < -0.3 is 9.88 Å². The number of nitrogens with zero attached hydrogens (tertiary/aromatic N) is 3. The molecule has 92 valence electrons. The summed E-state index contributed by atoms with van der Waals surface area (Å²) in [5.74, 6) is 0.706. The van der Waals surface area contributed by atoms with Gasteiger partial charge in [-0.25, -0.2) is 4.98 Å². The van der Waals surface area contributed by atoms with Gasteiger partial charge in [-0.2, -0.15) is 5.26 Å². The third-order valence-corrected chi connectivity index (χ3v) is 3.01. The largest absolute Gasteiger partial charge is 0.354 e. The highest BCUT2D eigenvalue weighted by atomic mass is 16.2. The van der Waals surface area contributed by atoms with Gasteiger partial charge in [-0.15, -0.1) is 0 Å². The number of amides is 1. The van der Waals surface area contributed by atoms with Gasteiger partial charge in [-0.3, -0.25) is 4.79 Å². The number of nitriles is 1. The Morgan fingerprint density at radius 1 is 1.71 bits per heavy atom. The molecule has 0 spiro atoms. The first-order valence-corrected chi connectivity index (χ1v) is 5.69. The van der Waals surface area contributed by atoms with E-state index in [4.69, 9.17) is 5.26 Å². The first-order valence-electron chi connectivity index (χ1n) is 5.69. The van der Waals surface area contributed by atoms with Gasteiger partial charge in [0.2, 0.25) is 5.91 Å². The highest BCUT2D eigenvalue weighted by molar-refractivity contribution is 5.84. The first kappa shape index (κ1) is 13.2. The molecule has 1 rings (SSSR count). The molecule has 0 saturated heterocycles. The van der Waals surface area contributed by atoms with E-state index in [1.165, 1.54) is 0 Å². The summed E-state index contributed by atoms with van der Waals surface area (Å²) in [6.07, 6.45) is 4.77. The standard InChI is InChI=1S/C12H18N4O/c1-4-12(2,9-13)11(17)15-6-5-10-14-7-8-16(10)3/h7-8H,4-6H2,1-3H3,(H,15,17). The van der Waals surface area contributed by atoms with Crippen LogP contribution in [-0.2, 0) is 18.3 Å². The molecule has 0 aliphatic rings. The van der Waals surface area contributed by atoms with E-state index in [1.807, 2.05) is 24.7 Å². The van der Waals surface area contributed by atoms with Crippen LogP contribution in [0.2, 0.25) is 0 Å². The van der Waals surface area contributed by atoms with E-state index in [-0.39, 0.29) is 5.91 Å². The maximum atomic E-state index is 11.8. The maximum absolute atomic E-state index is 11.8. The van der Waals surface area contributed by atoms with Crippen molar-refractivity contribution in [3.8, 4) is 6.07 Å². The second-order valence-corrected chi connectivity index (χ2v) is 4.26. The molecule has 5 nitrogen and oxygen atoms in total. The van der Waals surface area contributed by atoms with E-state index >= 15 is 0 Å².